The van der Waals surface area contributed by atoms with E-state index in [0.29, 0.717) is 0 Å². The highest BCUT2D eigenvalue weighted by atomic mass is 14.4. The van der Waals surface area contributed by atoms with Gasteiger partial charge in [0.15, 0.2) is 0 Å². The minimum Gasteiger partial charge on any atom is -0.0617 e. The molecular formula is C15H26. The van der Waals surface area contributed by atoms with Gasteiger partial charge >= 0.3 is 0 Å². The lowest BCUT2D eigenvalue weighted by atomic mass is 9.64. The predicted molar refractivity (Wildman–Crippen MR) is 68.9 cm³/mol. The van der Waals surface area contributed by atoms with Crippen LogP contribution in [-0.4, -0.2) is 0 Å². The Morgan fingerprint density at radius 1 is 0.733 bits per heavy atom. The Bertz CT molecular complexity index is 279. The van der Waals surface area contributed by atoms with Crippen molar-refractivity contribution in [3.63, 3.8) is 0 Å². The van der Waals surface area contributed by atoms with Gasteiger partial charge in [0, 0.05) is 5.41 Å². The maximum atomic E-state index is 2.36. The Morgan fingerprint density at radius 2 is 1.00 bits per heavy atom. The second-order valence-corrected chi connectivity index (χ2v) is 7.29. The third kappa shape index (κ3) is 2.19. The molecule has 0 aromatic rings. The Labute approximate surface area is 95.5 Å². The standard InChI is InChI=1S/C15H26/c1-13(2,3)11-9-10-12(14(4,5)6)15(11,7)8/h9-10H,1-8H3. The first-order valence-electron chi connectivity index (χ1n) is 5.91. The van der Waals surface area contributed by atoms with E-state index in [1.54, 1.807) is 11.1 Å². The van der Waals surface area contributed by atoms with Crippen LogP contribution in [0.4, 0.5) is 0 Å². The van der Waals surface area contributed by atoms with Gasteiger partial charge in [-0.15, -0.1) is 0 Å². The van der Waals surface area contributed by atoms with Crippen LogP contribution in [0.25, 0.3) is 0 Å². The first kappa shape index (κ1) is 12.5. The van der Waals surface area contributed by atoms with Crippen LogP contribution < -0.4 is 0 Å². The van der Waals surface area contributed by atoms with Crippen LogP contribution in [0.3, 0.4) is 0 Å². The molecule has 1 aliphatic carbocycles. The van der Waals surface area contributed by atoms with Crippen LogP contribution in [-0.2, 0) is 0 Å². The number of allylic oxidation sites excluding steroid dienone is 4. The summed E-state index contributed by atoms with van der Waals surface area (Å²) in [7, 11) is 0. The minimum absolute atomic E-state index is 0.219. The lowest BCUT2D eigenvalue weighted by Crippen LogP contribution is -2.29. The van der Waals surface area contributed by atoms with Gasteiger partial charge in [-0.3, -0.25) is 0 Å². The van der Waals surface area contributed by atoms with Crippen LogP contribution in [0.1, 0.15) is 55.4 Å². The zero-order chi connectivity index (χ0) is 12.1. The second kappa shape index (κ2) is 3.23. The van der Waals surface area contributed by atoms with E-state index < -0.39 is 0 Å². The molecule has 1 aliphatic rings. The Balaban J connectivity index is 3.11. The molecule has 0 radical (unpaired) electrons. The molecule has 0 aromatic carbocycles. The first-order valence-corrected chi connectivity index (χ1v) is 5.91. The maximum absolute atomic E-state index is 2.36. The molecule has 0 bridgehead atoms. The minimum atomic E-state index is 0.219. The molecule has 0 spiro atoms. The largest absolute Gasteiger partial charge is 0.0617 e. The molecule has 0 atom stereocenters. The lowest BCUT2D eigenvalue weighted by Gasteiger charge is -2.40. The van der Waals surface area contributed by atoms with Crippen molar-refractivity contribution in [2.45, 2.75) is 55.4 Å². The highest BCUT2D eigenvalue weighted by molar-refractivity contribution is 5.44. The summed E-state index contributed by atoms with van der Waals surface area (Å²) < 4.78 is 0. The van der Waals surface area contributed by atoms with Crippen LogP contribution in [0, 0.1) is 16.2 Å². The maximum Gasteiger partial charge on any atom is 0.00807 e. The summed E-state index contributed by atoms with van der Waals surface area (Å²) in [5.74, 6) is 0. The molecule has 0 N–H and O–H groups in total. The van der Waals surface area contributed by atoms with Crippen molar-refractivity contribution in [2.24, 2.45) is 16.2 Å². The topological polar surface area (TPSA) is 0 Å². The van der Waals surface area contributed by atoms with E-state index in [1.165, 1.54) is 0 Å². The quantitative estimate of drug-likeness (QED) is 0.525. The zero-order valence-electron chi connectivity index (χ0n) is 11.7. The van der Waals surface area contributed by atoms with Crippen LogP contribution >= 0.6 is 0 Å². The molecule has 86 valence electrons. The van der Waals surface area contributed by atoms with Crippen LogP contribution in [0.2, 0.25) is 0 Å². The molecule has 0 aliphatic heterocycles. The smallest absolute Gasteiger partial charge is 0.00807 e. The monoisotopic (exact) mass is 206 g/mol. The molecule has 0 amide bonds. The molecule has 0 unspecified atom stereocenters. The molecule has 0 saturated carbocycles. The molecule has 0 nitrogen and oxygen atoms in total. The van der Waals surface area contributed by atoms with Gasteiger partial charge in [0.1, 0.15) is 0 Å². The summed E-state index contributed by atoms with van der Waals surface area (Å²) >= 11 is 0. The van der Waals surface area contributed by atoms with Gasteiger partial charge < -0.3 is 0 Å². The van der Waals surface area contributed by atoms with E-state index in [2.05, 4.69) is 67.5 Å². The van der Waals surface area contributed by atoms with Crippen molar-refractivity contribution >= 4 is 0 Å². The van der Waals surface area contributed by atoms with Crippen molar-refractivity contribution in [2.75, 3.05) is 0 Å². The fourth-order valence-electron chi connectivity index (χ4n) is 3.10. The van der Waals surface area contributed by atoms with Gasteiger partial charge in [-0.25, -0.2) is 0 Å². The summed E-state index contributed by atoms with van der Waals surface area (Å²) in [5, 5.41) is 0. The summed E-state index contributed by atoms with van der Waals surface area (Å²) in [6.45, 7) is 18.5. The lowest BCUT2D eigenvalue weighted by molar-refractivity contribution is 0.330. The zero-order valence-corrected chi connectivity index (χ0v) is 11.7. The molecule has 0 fully saturated rings. The third-order valence-corrected chi connectivity index (χ3v) is 3.38. The molecule has 0 aromatic heterocycles. The van der Waals surface area contributed by atoms with Gasteiger partial charge in [0.25, 0.3) is 0 Å². The summed E-state index contributed by atoms with van der Waals surface area (Å²) in [6.07, 6.45) is 4.67. The highest BCUT2D eigenvalue weighted by Crippen LogP contribution is 2.53. The average molecular weight is 206 g/mol. The van der Waals surface area contributed by atoms with E-state index in [0.717, 1.165) is 0 Å². The number of hydrogen-bond acceptors (Lipinski definition) is 0. The number of hydrogen-bond donors (Lipinski definition) is 0. The Morgan fingerprint density at radius 3 is 1.13 bits per heavy atom. The molecule has 0 saturated heterocycles. The van der Waals surface area contributed by atoms with Crippen LogP contribution in [0.15, 0.2) is 23.3 Å². The van der Waals surface area contributed by atoms with Crippen molar-refractivity contribution in [3.8, 4) is 0 Å². The fourth-order valence-corrected chi connectivity index (χ4v) is 3.10. The van der Waals surface area contributed by atoms with E-state index in [9.17, 15) is 0 Å². The molecule has 0 heteroatoms. The Kier molecular flexibility index (Phi) is 2.71. The number of rotatable bonds is 0. The van der Waals surface area contributed by atoms with E-state index in [4.69, 9.17) is 0 Å². The third-order valence-electron chi connectivity index (χ3n) is 3.38. The molecular weight excluding hydrogens is 180 g/mol. The first-order chi connectivity index (χ1) is 6.47. The molecule has 15 heavy (non-hydrogen) atoms. The summed E-state index contributed by atoms with van der Waals surface area (Å²) in [4.78, 5) is 0. The predicted octanol–water partition coefficient (Wildman–Crippen LogP) is 4.97. The van der Waals surface area contributed by atoms with Gasteiger partial charge in [-0.1, -0.05) is 78.7 Å². The van der Waals surface area contributed by atoms with Crippen LogP contribution in [0.5, 0.6) is 0 Å². The van der Waals surface area contributed by atoms with E-state index in [1.807, 2.05) is 0 Å². The van der Waals surface area contributed by atoms with E-state index >= 15 is 0 Å². The second-order valence-electron chi connectivity index (χ2n) is 7.29. The normalized spacial score (nSPS) is 21.3. The summed E-state index contributed by atoms with van der Waals surface area (Å²) in [5.41, 5.74) is 3.87. The van der Waals surface area contributed by atoms with Gasteiger partial charge in [-0.05, 0) is 10.8 Å². The Hall–Kier alpha value is -0.520. The van der Waals surface area contributed by atoms with Gasteiger partial charge in [-0.2, -0.15) is 0 Å². The van der Waals surface area contributed by atoms with Crippen molar-refractivity contribution in [1.82, 2.24) is 0 Å². The fraction of sp³-hybridized carbons (Fsp3) is 0.733. The van der Waals surface area contributed by atoms with E-state index in [-0.39, 0.29) is 16.2 Å². The van der Waals surface area contributed by atoms with Gasteiger partial charge in [0.2, 0.25) is 0 Å². The SMILES string of the molecule is CC(C)(C)C1=CC=C(C(C)(C)C)C1(C)C. The molecule has 1 rings (SSSR count). The molecule has 0 heterocycles. The van der Waals surface area contributed by atoms with Crippen molar-refractivity contribution < 1.29 is 0 Å². The van der Waals surface area contributed by atoms with Gasteiger partial charge in [0.05, 0.1) is 0 Å². The highest BCUT2D eigenvalue weighted by Gasteiger charge is 2.41. The summed E-state index contributed by atoms with van der Waals surface area (Å²) in [6, 6.07) is 0. The van der Waals surface area contributed by atoms with Crippen molar-refractivity contribution in [1.29, 1.82) is 0 Å². The van der Waals surface area contributed by atoms with Crippen molar-refractivity contribution in [3.05, 3.63) is 23.3 Å². The average Bonchev–Trinajstić information content (AvgIpc) is 2.21.